The van der Waals surface area contributed by atoms with E-state index in [0.29, 0.717) is 11.3 Å². The highest BCUT2D eigenvalue weighted by atomic mass is 32.2. The van der Waals surface area contributed by atoms with E-state index in [4.69, 9.17) is 5.26 Å². The molecule has 0 radical (unpaired) electrons. The van der Waals surface area contributed by atoms with Crippen molar-refractivity contribution in [2.24, 2.45) is 0 Å². The first-order chi connectivity index (χ1) is 9.58. The highest BCUT2D eigenvalue weighted by Gasteiger charge is 2.16. The van der Waals surface area contributed by atoms with Crippen LogP contribution in [0.4, 0.5) is 5.69 Å². The minimum absolute atomic E-state index is 0.0991. The van der Waals surface area contributed by atoms with Gasteiger partial charge in [-0.05, 0) is 32.0 Å². The van der Waals surface area contributed by atoms with Crippen molar-refractivity contribution < 1.29 is 4.79 Å². The number of hydrogen-bond donors (Lipinski definition) is 1. The van der Waals surface area contributed by atoms with Crippen LogP contribution in [-0.4, -0.2) is 16.1 Å². The van der Waals surface area contributed by atoms with Crippen LogP contribution in [0.2, 0.25) is 0 Å². The fraction of sp³-hybridized carbons (Fsp3) is 0.214. The number of nitrogens with zero attached hydrogens (tertiary/aromatic N) is 2. The van der Waals surface area contributed by atoms with Gasteiger partial charge in [0.25, 0.3) is 0 Å². The van der Waals surface area contributed by atoms with Gasteiger partial charge in [0.05, 0.1) is 16.9 Å². The maximum Gasteiger partial charge on any atom is 0.237 e. The first-order valence-corrected chi connectivity index (χ1v) is 7.74. The molecule has 0 aliphatic carbocycles. The molecule has 1 aromatic heterocycles. The minimum Gasteiger partial charge on any atom is -0.325 e. The molecule has 20 heavy (non-hydrogen) atoms. The highest BCUT2D eigenvalue weighted by molar-refractivity contribution is 8.02. The number of aryl methyl sites for hydroxylation is 1. The zero-order valence-electron chi connectivity index (χ0n) is 11.1. The van der Waals surface area contributed by atoms with Gasteiger partial charge >= 0.3 is 0 Å². The Morgan fingerprint density at radius 1 is 1.55 bits per heavy atom. The highest BCUT2D eigenvalue weighted by Crippen LogP contribution is 2.27. The second-order valence-electron chi connectivity index (χ2n) is 4.20. The summed E-state index contributed by atoms with van der Waals surface area (Å²) in [7, 11) is 0. The number of thioether (sulfide) groups is 1. The summed E-state index contributed by atoms with van der Waals surface area (Å²) in [4.78, 5) is 16.4. The van der Waals surface area contributed by atoms with Crippen LogP contribution in [0.1, 0.15) is 18.2 Å². The van der Waals surface area contributed by atoms with E-state index in [-0.39, 0.29) is 11.2 Å². The molecule has 102 valence electrons. The normalized spacial score (nSPS) is 11.7. The van der Waals surface area contributed by atoms with Gasteiger partial charge in [-0.1, -0.05) is 17.8 Å². The number of hydrogen-bond acceptors (Lipinski definition) is 5. The van der Waals surface area contributed by atoms with Crippen molar-refractivity contribution in [3.63, 3.8) is 0 Å². The quantitative estimate of drug-likeness (QED) is 0.879. The summed E-state index contributed by atoms with van der Waals surface area (Å²) in [6.07, 6.45) is 0. The molecule has 1 heterocycles. The largest absolute Gasteiger partial charge is 0.325 e. The van der Waals surface area contributed by atoms with E-state index in [0.717, 1.165) is 10.0 Å². The number of nitriles is 1. The molecule has 1 aromatic carbocycles. The molecule has 2 rings (SSSR count). The molecule has 0 saturated carbocycles. The lowest BCUT2D eigenvalue weighted by atomic mass is 10.2. The Labute approximate surface area is 125 Å². The number of nitrogens with one attached hydrogen (secondary N) is 1. The fourth-order valence-electron chi connectivity index (χ4n) is 1.50. The first kappa shape index (κ1) is 14.6. The lowest BCUT2D eigenvalue weighted by Gasteiger charge is -2.10. The molecule has 2 aromatic rings. The lowest BCUT2D eigenvalue weighted by molar-refractivity contribution is -0.115. The first-order valence-electron chi connectivity index (χ1n) is 5.98. The van der Waals surface area contributed by atoms with E-state index < -0.39 is 0 Å². The van der Waals surface area contributed by atoms with Gasteiger partial charge in [-0.25, -0.2) is 4.98 Å². The maximum atomic E-state index is 12.1. The Bertz CT molecular complexity index is 660. The summed E-state index contributed by atoms with van der Waals surface area (Å²) in [5.74, 6) is -0.0991. The zero-order valence-corrected chi connectivity index (χ0v) is 12.7. The van der Waals surface area contributed by atoms with Crippen LogP contribution in [0.25, 0.3) is 0 Å². The van der Waals surface area contributed by atoms with E-state index in [1.54, 1.807) is 24.3 Å². The van der Waals surface area contributed by atoms with Crippen LogP contribution < -0.4 is 5.32 Å². The number of anilines is 1. The number of carbonyl (C=O) groups excluding carboxylic acids is 1. The van der Waals surface area contributed by atoms with Crippen LogP contribution in [0.15, 0.2) is 34.0 Å². The lowest BCUT2D eigenvalue weighted by Crippen LogP contribution is -2.22. The SMILES string of the molecule is Cc1csc(SC(C)C(=O)Nc2cccc(C#N)c2)n1. The van der Waals surface area contributed by atoms with Crippen LogP contribution in [0.3, 0.4) is 0 Å². The van der Waals surface area contributed by atoms with E-state index in [1.165, 1.54) is 23.1 Å². The van der Waals surface area contributed by atoms with Crippen molar-refractivity contribution in [2.45, 2.75) is 23.4 Å². The smallest absolute Gasteiger partial charge is 0.237 e. The monoisotopic (exact) mass is 303 g/mol. The van der Waals surface area contributed by atoms with Crippen molar-refractivity contribution >= 4 is 34.7 Å². The average molecular weight is 303 g/mol. The van der Waals surface area contributed by atoms with Gasteiger partial charge < -0.3 is 5.32 Å². The van der Waals surface area contributed by atoms with Crippen molar-refractivity contribution in [2.75, 3.05) is 5.32 Å². The van der Waals surface area contributed by atoms with Crippen molar-refractivity contribution in [3.05, 3.63) is 40.9 Å². The van der Waals surface area contributed by atoms with Gasteiger partial charge in [0, 0.05) is 16.8 Å². The average Bonchev–Trinajstić information content (AvgIpc) is 2.84. The molecule has 0 fully saturated rings. The van der Waals surface area contributed by atoms with Crippen molar-refractivity contribution in [3.8, 4) is 6.07 Å². The van der Waals surface area contributed by atoms with Crippen molar-refractivity contribution in [1.82, 2.24) is 4.98 Å². The van der Waals surface area contributed by atoms with Gasteiger partial charge in [0.15, 0.2) is 4.34 Å². The molecular weight excluding hydrogens is 290 g/mol. The second kappa shape index (κ2) is 6.55. The molecular formula is C14H13N3OS2. The molecule has 0 aliphatic rings. The Morgan fingerprint density at radius 2 is 2.35 bits per heavy atom. The third-order valence-electron chi connectivity index (χ3n) is 2.50. The number of aromatic nitrogens is 1. The van der Waals surface area contributed by atoms with Crippen LogP contribution in [0, 0.1) is 18.3 Å². The zero-order chi connectivity index (χ0) is 14.5. The van der Waals surface area contributed by atoms with Crippen LogP contribution in [-0.2, 0) is 4.79 Å². The van der Waals surface area contributed by atoms with Crippen LogP contribution >= 0.6 is 23.1 Å². The molecule has 0 aliphatic heterocycles. The van der Waals surface area contributed by atoms with Crippen molar-refractivity contribution in [1.29, 1.82) is 5.26 Å². The fourth-order valence-corrected chi connectivity index (χ4v) is 3.49. The van der Waals surface area contributed by atoms with Gasteiger partial charge in [-0.15, -0.1) is 11.3 Å². The standard InChI is InChI=1S/C14H13N3OS2/c1-9-8-19-14(16-9)20-10(2)13(18)17-12-5-3-4-11(6-12)7-15/h3-6,8,10H,1-2H3,(H,17,18). The van der Waals surface area contributed by atoms with Gasteiger partial charge in [0.1, 0.15) is 0 Å². The topological polar surface area (TPSA) is 65.8 Å². The predicted octanol–water partition coefficient (Wildman–Crippen LogP) is 3.44. The Morgan fingerprint density at radius 3 is 3.00 bits per heavy atom. The van der Waals surface area contributed by atoms with Gasteiger partial charge in [0.2, 0.25) is 5.91 Å². The minimum atomic E-state index is -0.244. The van der Waals surface area contributed by atoms with Crippen LogP contribution in [0.5, 0.6) is 0 Å². The Hall–Kier alpha value is -1.84. The summed E-state index contributed by atoms with van der Waals surface area (Å²) >= 11 is 2.97. The molecule has 1 unspecified atom stereocenters. The van der Waals surface area contributed by atoms with Gasteiger partial charge in [-0.3, -0.25) is 4.79 Å². The molecule has 1 atom stereocenters. The maximum absolute atomic E-state index is 12.1. The Kier molecular flexibility index (Phi) is 4.77. The number of rotatable bonds is 4. The number of benzene rings is 1. The Balaban J connectivity index is 1.98. The number of thiazole rings is 1. The summed E-state index contributed by atoms with van der Waals surface area (Å²) in [6.45, 7) is 3.77. The molecule has 1 N–H and O–H groups in total. The third-order valence-corrected chi connectivity index (χ3v) is 4.69. The van der Waals surface area contributed by atoms with E-state index in [1.807, 2.05) is 25.3 Å². The van der Waals surface area contributed by atoms with E-state index >= 15 is 0 Å². The van der Waals surface area contributed by atoms with Gasteiger partial charge in [-0.2, -0.15) is 5.26 Å². The summed E-state index contributed by atoms with van der Waals surface area (Å²) in [5.41, 5.74) is 2.13. The molecule has 0 saturated heterocycles. The second-order valence-corrected chi connectivity index (χ2v) is 6.64. The third kappa shape index (κ3) is 3.83. The molecule has 0 bridgehead atoms. The number of carbonyl (C=O) groups is 1. The molecule has 4 nitrogen and oxygen atoms in total. The molecule has 1 amide bonds. The molecule has 6 heteroatoms. The van der Waals surface area contributed by atoms with E-state index in [9.17, 15) is 4.79 Å². The predicted molar refractivity (Wildman–Crippen MR) is 82.0 cm³/mol. The summed E-state index contributed by atoms with van der Waals surface area (Å²) < 4.78 is 0.885. The summed E-state index contributed by atoms with van der Waals surface area (Å²) in [5, 5.41) is 13.4. The summed E-state index contributed by atoms with van der Waals surface area (Å²) in [6, 6.07) is 8.92. The molecule has 0 spiro atoms. The number of amides is 1. The van der Waals surface area contributed by atoms with E-state index in [2.05, 4.69) is 10.3 Å².